The Kier molecular flexibility index (Phi) is 7.90. The summed E-state index contributed by atoms with van der Waals surface area (Å²) >= 11 is 0. The lowest BCUT2D eigenvalue weighted by Gasteiger charge is -2.26. The van der Waals surface area contributed by atoms with E-state index >= 15 is 0 Å². The summed E-state index contributed by atoms with van der Waals surface area (Å²) in [6.45, 7) is 1.99. The van der Waals surface area contributed by atoms with Crippen molar-refractivity contribution in [3.05, 3.63) is 138 Å². The van der Waals surface area contributed by atoms with E-state index in [2.05, 4.69) is 5.32 Å². The van der Waals surface area contributed by atoms with Crippen molar-refractivity contribution >= 4 is 35.6 Å². The number of nitrogens with one attached hydrogen (secondary N) is 1. The number of hydrogen-bond acceptors (Lipinski definition) is 5. The lowest BCUT2D eigenvalue weighted by atomic mass is 10.0. The van der Waals surface area contributed by atoms with Gasteiger partial charge in [-0.2, -0.15) is 0 Å². The fourth-order valence-electron chi connectivity index (χ4n) is 5.24. The molecule has 0 spiro atoms. The molecule has 8 nitrogen and oxygen atoms in total. The number of aromatic nitrogens is 1. The molecular weight excluding hydrogens is 573 g/mol. The monoisotopic (exact) mass is 599 g/mol. The number of amides is 4. The van der Waals surface area contributed by atoms with Gasteiger partial charge in [-0.15, -0.1) is 0 Å². The van der Waals surface area contributed by atoms with Crippen molar-refractivity contribution in [1.29, 1.82) is 0 Å². The quantitative estimate of drug-likeness (QED) is 0.126. The molecule has 9 heteroatoms. The van der Waals surface area contributed by atoms with E-state index in [1.807, 2.05) is 71.3 Å². The summed E-state index contributed by atoms with van der Waals surface area (Å²) in [7, 11) is 0. The van der Waals surface area contributed by atoms with E-state index in [0.29, 0.717) is 22.5 Å². The fraction of sp³-hybridized carbons (Fsp3) is 0.0556. The van der Waals surface area contributed by atoms with Crippen LogP contribution in [0.15, 0.2) is 121 Å². The fourth-order valence-corrected chi connectivity index (χ4v) is 5.24. The van der Waals surface area contributed by atoms with Gasteiger partial charge in [0.05, 0.1) is 29.2 Å². The Bertz CT molecular complexity index is 1970. The highest BCUT2D eigenvalue weighted by Gasteiger charge is 2.37. The van der Waals surface area contributed by atoms with Gasteiger partial charge in [0.2, 0.25) is 0 Å². The van der Waals surface area contributed by atoms with Gasteiger partial charge < -0.3 is 9.30 Å². The Balaban J connectivity index is 1.57. The summed E-state index contributed by atoms with van der Waals surface area (Å²) in [5, 5.41) is 2.21. The standard InChI is InChI=1S/C36H26FN3O5/c1-2-45-35(43)25-16-18-28(19-17-25)39-31(23-10-5-3-6-11-23)21-26(32(39)24-12-7-4-8-13-24)20-30-33(41)38-36(44)40(34(30)42)29-15-9-14-27(37)22-29/h3-22H,2H2,1H3,(H,38,41,44)/b30-20-. The largest absolute Gasteiger partial charge is 0.462 e. The van der Waals surface area contributed by atoms with Gasteiger partial charge in [-0.1, -0.05) is 66.7 Å². The first-order valence-corrected chi connectivity index (χ1v) is 14.2. The number of rotatable bonds is 7. The highest BCUT2D eigenvalue weighted by atomic mass is 19.1. The number of urea groups is 1. The van der Waals surface area contributed by atoms with Gasteiger partial charge in [-0.3, -0.25) is 14.9 Å². The van der Waals surface area contributed by atoms with Crippen LogP contribution in [0, 0.1) is 5.82 Å². The predicted molar refractivity (Wildman–Crippen MR) is 168 cm³/mol. The summed E-state index contributed by atoms with van der Waals surface area (Å²) in [5.74, 6) is -2.83. The van der Waals surface area contributed by atoms with Crippen LogP contribution in [0.2, 0.25) is 0 Å². The molecule has 0 unspecified atom stereocenters. The molecule has 45 heavy (non-hydrogen) atoms. The van der Waals surface area contributed by atoms with Crippen molar-refractivity contribution in [2.75, 3.05) is 11.5 Å². The van der Waals surface area contributed by atoms with Crippen LogP contribution in [0.3, 0.4) is 0 Å². The zero-order chi connectivity index (χ0) is 31.5. The minimum atomic E-state index is -0.972. The maximum atomic E-state index is 14.0. The van der Waals surface area contributed by atoms with Crippen LogP contribution in [0.4, 0.5) is 14.9 Å². The molecule has 1 aromatic heterocycles. The second-order valence-electron chi connectivity index (χ2n) is 10.1. The number of carbonyl (C=O) groups excluding carboxylic acids is 4. The third-order valence-electron chi connectivity index (χ3n) is 7.25. The molecule has 0 radical (unpaired) electrons. The third-order valence-corrected chi connectivity index (χ3v) is 7.25. The topological polar surface area (TPSA) is 97.7 Å². The summed E-state index contributed by atoms with van der Waals surface area (Å²) in [5.41, 5.74) is 4.33. The molecule has 1 aliphatic heterocycles. The van der Waals surface area contributed by atoms with E-state index in [0.717, 1.165) is 27.8 Å². The first-order chi connectivity index (χ1) is 21.9. The number of carbonyl (C=O) groups is 4. The molecule has 1 N–H and O–H groups in total. The predicted octanol–water partition coefficient (Wildman–Crippen LogP) is 6.79. The first kappa shape index (κ1) is 29.0. The molecule has 222 valence electrons. The van der Waals surface area contributed by atoms with Gasteiger partial charge in [0.15, 0.2) is 0 Å². The SMILES string of the molecule is CCOC(=O)c1ccc(-n2c(-c3ccccc3)cc(/C=C3/C(=O)NC(=O)N(c4cccc(F)c4)C3=O)c2-c2ccccc2)cc1. The Hall–Kier alpha value is -6.09. The molecule has 1 fully saturated rings. The molecule has 2 heterocycles. The molecule has 0 saturated carbocycles. The van der Waals surface area contributed by atoms with E-state index < -0.39 is 29.6 Å². The highest BCUT2D eigenvalue weighted by molar-refractivity contribution is 6.39. The Morgan fingerprint density at radius 3 is 2.11 bits per heavy atom. The summed E-state index contributed by atoms with van der Waals surface area (Å²) < 4.78 is 21.2. The van der Waals surface area contributed by atoms with Gasteiger partial charge in [-0.05, 0) is 72.7 Å². The smallest absolute Gasteiger partial charge is 0.338 e. The lowest BCUT2D eigenvalue weighted by Crippen LogP contribution is -2.54. The Morgan fingerprint density at radius 1 is 0.800 bits per heavy atom. The zero-order valence-electron chi connectivity index (χ0n) is 24.1. The zero-order valence-corrected chi connectivity index (χ0v) is 24.1. The van der Waals surface area contributed by atoms with Gasteiger partial charge >= 0.3 is 12.0 Å². The second-order valence-corrected chi connectivity index (χ2v) is 10.1. The van der Waals surface area contributed by atoms with Crippen molar-refractivity contribution in [3.8, 4) is 28.2 Å². The van der Waals surface area contributed by atoms with Crippen LogP contribution in [0.25, 0.3) is 34.3 Å². The molecule has 1 saturated heterocycles. The minimum Gasteiger partial charge on any atom is -0.462 e. The number of imide groups is 2. The van der Waals surface area contributed by atoms with Crippen molar-refractivity contribution < 1.29 is 28.3 Å². The summed E-state index contributed by atoms with van der Waals surface area (Å²) in [6.07, 6.45) is 1.44. The van der Waals surface area contributed by atoms with Crippen molar-refractivity contribution in [2.45, 2.75) is 6.92 Å². The molecule has 6 rings (SSSR count). The molecule has 0 atom stereocenters. The average molecular weight is 600 g/mol. The molecular formula is C36H26FN3O5. The van der Waals surface area contributed by atoms with Crippen LogP contribution in [0.5, 0.6) is 0 Å². The van der Waals surface area contributed by atoms with Gasteiger partial charge in [0.25, 0.3) is 11.8 Å². The van der Waals surface area contributed by atoms with Crippen LogP contribution in [-0.2, 0) is 14.3 Å². The maximum Gasteiger partial charge on any atom is 0.338 e. The number of nitrogens with zero attached hydrogens (tertiary/aromatic N) is 2. The van der Waals surface area contributed by atoms with Gasteiger partial charge in [0.1, 0.15) is 11.4 Å². The number of barbiturate groups is 1. The third kappa shape index (κ3) is 5.66. The molecule has 0 bridgehead atoms. The second kappa shape index (κ2) is 12.3. The van der Waals surface area contributed by atoms with Crippen molar-refractivity contribution in [1.82, 2.24) is 9.88 Å². The number of anilines is 1. The normalized spacial score (nSPS) is 14.0. The maximum absolute atomic E-state index is 14.0. The van der Waals surface area contributed by atoms with Gasteiger partial charge in [0, 0.05) is 11.3 Å². The Morgan fingerprint density at radius 2 is 1.47 bits per heavy atom. The number of halogens is 1. The molecule has 4 amide bonds. The number of hydrogen-bond donors (Lipinski definition) is 1. The van der Waals surface area contributed by atoms with E-state index in [1.54, 1.807) is 31.2 Å². The summed E-state index contributed by atoms with van der Waals surface area (Å²) in [4.78, 5) is 52.7. The van der Waals surface area contributed by atoms with Crippen LogP contribution in [-0.4, -0.2) is 35.0 Å². The summed E-state index contributed by atoms with van der Waals surface area (Å²) in [6, 6.07) is 31.9. The highest BCUT2D eigenvalue weighted by Crippen LogP contribution is 2.38. The van der Waals surface area contributed by atoms with Crippen molar-refractivity contribution in [2.24, 2.45) is 0 Å². The lowest BCUT2D eigenvalue weighted by molar-refractivity contribution is -0.122. The van der Waals surface area contributed by atoms with Crippen LogP contribution in [0.1, 0.15) is 22.8 Å². The van der Waals surface area contributed by atoms with E-state index in [4.69, 9.17) is 4.74 Å². The number of ether oxygens (including phenoxy) is 1. The molecule has 5 aromatic rings. The van der Waals surface area contributed by atoms with Crippen LogP contribution >= 0.6 is 0 Å². The first-order valence-electron chi connectivity index (χ1n) is 14.2. The molecule has 4 aromatic carbocycles. The molecule has 1 aliphatic rings. The van der Waals surface area contributed by atoms with Crippen LogP contribution < -0.4 is 10.2 Å². The minimum absolute atomic E-state index is 0.0107. The van der Waals surface area contributed by atoms with Crippen molar-refractivity contribution in [3.63, 3.8) is 0 Å². The average Bonchev–Trinajstić information content (AvgIpc) is 3.43. The number of benzene rings is 4. The Labute approximate surface area is 258 Å². The molecule has 0 aliphatic carbocycles. The van der Waals surface area contributed by atoms with E-state index in [-0.39, 0.29) is 17.9 Å². The van der Waals surface area contributed by atoms with E-state index in [9.17, 15) is 23.6 Å². The number of esters is 1. The van der Waals surface area contributed by atoms with Gasteiger partial charge in [-0.25, -0.2) is 18.9 Å². The van der Waals surface area contributed by atoms with E-state index in [1.165, 1.54) is 24.3 Å².